The number of hydrogen-bond acceptors (Lipinski definition) is 0. The summed E-state index contributed by atoms with van der Waals surface area (Å²) in [6.07, 6.45) is 0. The summed E-state index contributed by atoms with van der Waals surface area (Å²) in [4.78, 5) is 0. The molecule has 0 rings (SSSR count). The van der Waals surface area contributed by atoms with Gasteiger partial charge in [-0.25, -0.2) is 0 Å². The van der Waals surface area contributed by atoms with Crippen LogP contribution in [0.5, 0.6) is 0 Å². The van der Waals surface area contributed by atoms with Gasteiger partial charge in [0.05, 0.1) is 0 Å². The molecule has 0 saturated carbocycles. The van der Waals surface area contributed by atoms with Crippen LogP contribution < -0.4 is 0 Å². The Hall–Kier alpha value is 3.32. The van der Waals surface area contributed by atoms with Crippen LogP contribution in [0.1, 0.15) is 2.85 Å². The van der Waals surface area contributed by atoms with E-state index in [1.165, 1.54) is 7.79 Å². The molecule has 45 valence electrons. The normalized spacial score (nSPS) is 1.50. The molecule has 0 unspecified atom stereocenters. The third-order valence-corrected chi connectivity index (χ3v) is 0. The predicted molar refractivity (Wildman–Crippen MR) is 35.0 cm³/mol. The van der Waals surface area contributed by atoms with Crippen LogP contribution in [0.25, 0.3) is 0 Å². The molecule has 0 amide bonds. The second-order valence-corrected chi connectivity index (χ2v) is 0. The van der Waals surface area contributed by atoms with Crippen LogP contribution >= 0.6 is 0 Å². The van der Waals surface area contributed by atoms with Crippen molar-refractivity contribution < 1.29 is 36.4 Å². The molecule has 0 aromatic rings. The molecule has 0 heterocycles. The van der Waals surface area contributed by atoms with Gasteiger partial charge in [-0.05, 0) is 0 Å². The van der Waals surface area contributed by atoms with E-state index in [0.717, 1.165) is 0 Å². The Morgan fingerprint density at radius 2 is 1.33 bits per heavy atom. The van der Waals surface area contributed by atoms with E-state index in [9.17, 15) is 0 Å². The third-order valence-electron chi connectivity index (χ3n) is 0. The maximum atomic E-state index is 1.89. The Morgan fingerprint density at radius 3 is 1.33 bits per heavy atom. The minimum absolute atomic E-state index is 0. The van der Waals surface area contributed by atoms with Crippen LogP contribution in [0, 0.1) is 0 Å². The quantitative estimate of drug-likeness (QED) is 0.409. The van der Waals surface area contributed by atoms with Gasteiger partial charge in [0.15, 0.2) is 17.4 Å². The standard InChI is InChI=1S/Al.Cu.Mg.Ni.H4SiTe.5H/c;;;;1-2;;;;;/h;;;;2H,1H3;;;;;/q;;+2;;;;;;2*-1. The zero-order chi connectivity index (χ0) is 2.00. The first-order valence-corrected chi connectivity index (χ1v) is 9.00. The summed E-state index contributed by atoms with van der Waals surface area (Å²) in [6, 6.07) is 0. The van der Waals surface area contributed by atoms with Gasteiger partial charge in [0.1, 0.15) is 0 Å². The van der Waals surface area contributed by atoms with Crippen LogP contribution in [0.2, 0.25) is 0 Å². The summed E-state index contributed by atoms with van der Waals surface area (Å²) >= 11 is 1.89. The molecule has 6 heteroatoms. The first-order valence-electron chi connectivity index (χ1n) is 0.447. The van der Waals surface area contributed by atoms with Gasteiger partial charge in [0.2, 0.25) is 0 Å². The summed E-state index contributed by atoms with van der Waals surface area (Å²) in [5.74, 6) is 0. The van der Waals surface area contributed by atoms with Crippen molar-refractivity contribution in [2.75, 3.05) is 0 Å². The van der Waals surface area contributed by atoms with Crippen LogP contribution in [-0.4, -0.2) is 69.7 Å². The van der Waals surface area contributed by atoms with Gasteiger partial charge in [0.25, 0.3) is 0 Å². The van der Waals surface area contributed by atoms with Crippen LogP contribution in [0.15, 0.2) is 0 Å². The average molecular weight is 338 g/mol. The van der Waals surface area contributed by atoms with E-state index in [1.807, 2.05) is 21.5 Å². The van der Waals surface area contributed by atoms with Crippen LogP contribution in [0.3, 0.4) is 0 Å². The molecule has 0 aliphatic carbocycles. The Bertz CT molecular complexity index is 22.0. The van der Waals surface area contributed by atoms with Gasteiger partial charge in [-0.1, -0.05) is 0 Å². The van der Waals surface area contributed by atoms with E-state index >= 15 is 0 Å². The zero-order valence-electron chi connectivity index (χ0n) is 4.77. The Kier molecular flexibility index (Phi) is 233. The van der Waals surface area contributed by atoms with Crippen molar-refractivity contribution in [1.82, 2.24) is 0 Å². The molecule has 6 heavy (non-hydrogen) atoms. The van der Waals surface area contributed by atoms with E-state index in [1.54, 1.807) is 0 Å². The first kappa shape index (κ1) is 34.6. The first-order chi connectivity index (χ1) is 1.00. The molecule has 0 fully saturated rings. The molecule has 0 spiro atoms. The van der Waals surface area contributed by atoms with E-state index < -0.39 is 0 Å². The summed E-state index contributed by atoms with van der Waals surface area (Å²) in [5.41, 5.74) is 0. The predicted octanol–water partition coefficient (Wildman–Crippen LogP) is -3.18. The third kappa shape index (κ3) is 26.5. The van der Waals surface area contributed by atoms with Gasteiger partial charge in [-0.15, -0.1) is 0 Å². The molecule has 0 aliphatic heterocycles. The van der Waals surface area contributed by atoms with Gasteiger partial charge in [-0.2, -0.15) is 0 Å². The second-order valence-electron chi connectivity index (χ2n) is 0. The summed E-state index contributed by atoms with van der Waals surface area (Å²) in [5, 5.41) is 0. The van der Waals surface area contributed by atoms with E-state index in [0.29, 0.717) is 0 Å². The number of hydrogen-bond donors (Lipinski definition) is 0. The van der Waals surface area contributed by atoms with Crippen molar-refractivity contribution in [3.8, 4) is 0 Å². The SMILES string of the molecule is [AlH3].[Cu].[H-].[H-].[Mg+2].[Ni].[SiH3][TeH]. The molecule has 0 aromatic heterocycles. The molecule has 0 atom stereocenters. The van der Waals surface area contributed by atoms with E-state index in [-0.39, 0.29) is 76.8 Å². The average Bonchev–Trinajstić information content (AvgIpc) is 1.00. The molecule has 0 N–H and O–H groups in total. The Morgan fingerprint density at radius 1 is 1.33 bits per heavy atom. The van der Waals surface area contributed by atoms with Crippen molar-refractivity contribution >= 4 is 69.7 Å². The molecule has 0 aromatic carbocycles. The Labute approximate surface area is 104 Å². The molecular formula is H9AlCuMgNiSiTe. The molecule has 0 saturated heterocycles. The van der Waals surface area contributed by atoms with Crippen molar-refractivity contribution in [3.63, 3.8) is 0 Å². The van der Waals surface area contributed by atoms with Gasteiger partial charge >= 0.3 is 52.4 Å². The van der Waals surface area contributed by atoms with Crippen molar-refractivity contribution in [2.45, 2.75) is 0 Å². The van der Waals surface area contributed by atoms with Gasteiger partial charge in [-0.3, -0.25) is 0 Å². The van der Waals surface area contributed by atoms with Gasteiger partial charge in [0, 0.05) is 33.6 Å². The molecule has 0 aliphatic rings. The monoisotopic (exact) mass is 339 g/mol. The van der Waals surface area contributed by atoms with Crippen molar-refractivity contribution in [2.24, 2.45) is 0 Å². The summed E-state index contributed by atoms with van der Waals surface area (Å²) in [7, 11) is 1.36. The molecule has 0 bridgehead atoms. The van der Waals surface area contributed by atoms with Crippen molar-refractivity contribution in [3.05, 3.63) is 0 Å². The molecule has 1 radical (unpaired) electrons. The topological polar surface area (TPSA) is 0 Å². The summed E-state index contributed by atoms with van der Waals surface area (Å²) in [6.45, 7) is 0. The summed E-state index contributed by atoms with van der Waals surface area (Å²) < 4.78 is 0. The zero-order valence-corrected chi connectivity index (χ0v) is 10.7. The second kappa shape index (κ2) is 40.5. The van der Waals surface area contributed by atoms with Crippen LogP contribution in [0.4, 0.5) is 0 Å². The minimum atomic E-state index is 0. The van der Waals surface area contributed by atoms with Gasteiger partial charge < -0.3 is 2.85 Å². The molecular weight excluding hydrogens is 329 g/mol. The van der Waals surface area contributed by atoms with E-state index in [4.69, 9.17) is 0 Å². The Balaban J connectivity index is -0.000000000333. The fourth-order valence-electron chi connectivity index (χ4n) is 0. The fraction of sp³-hybridized carbons (Fsp3) is 0. The van der Waals surface area contributed by atoms with Crippen molar-refractivity contribution in [1.29, 1.82) is 0 Å². The van der Waals surface area contributed by atoms with E-state index in [2.05, 4.69) is 0 Å². The number of rotatable bonds is 0. The molecule has 0 nitrogen and oxygen atoms in total. The fourth-order valence-corrected chi connectivity index (χ4v) is 0. The maximum absolute atomic E-state index is 1.89. The van der Waals surface area contributed by atoms with Crippen LogP contribution in [-0.2, 0) is 33.6 Å².